The van der Waals surface area contributed by atoms with Crippen molar-refractivity contribution in [2.24, 2.45) is 0 Å². The summed E-state index contributed by atoms with van der Waals surface area (Å²) in [4.78, 5) is 0. The molecule has 0 spiro atoms. The Balaban J connectivity index is 1.92. The predicted molar refractivity (Wildman–Crippen MR) is 86.9 cm³/mol. The van der Waals surface area contributed by atoms with E-state index in [1.54, 1.807) is 0 Å². The standard InChI is InChI=1S/C18H13BO2/c20-19-17(14-7-2-1-3-8-14)12-15-11-10-13-6-4-5-9-16(13)18(15)21-19/h1-12,20H. The van der Waals surface area contributed by atoms with Crippen LogP contribution in [-0.4, -0.2) is 12.1 Å². The van der Waals surface area contributed by atoms with Gasteiger partial charge in [-0.1, -0.05) is 66.7 Å². The van der Waals surface area contributed by atoms with Crippen molar-refractivity contribution in [3.63, 3.8) is 0 Å². The van der Waals surface area contributed by atoms with Crippen molar-refractivity contribution in [2.45, 2.75) is 0 Å². The summed E-state index contributed by atoms with van der Waals surface area (Å²) in [5.41, 5.74) is 2.76. The number of rotatable bonds is 1. The highest BCUT2D eigenvalue weighted by molar-refractivity contribution is 6.70. The first kappa shape index (κ1) is 12.2. The summed E-state index contributed by atoms with van der Waals surface area (Å²) in [6, 6.07) is 22.0. The minimum atomic E-state index is -0.939. The van der Waals surface area contributed by atoms with Gasteiger partial charge in [0.1, 0.15) is 5.75 Å². The number of hydrogen-bond acceptors (Lipinski definition) is 2. The Morgan fingerprint density at radius 1 is 0.810 bits per heavy atom. The van der Waals surface area contributed by atoms with Crippen LogP contribution in [0.15, 0.2) is 66.7 Å². The highest BCUT2D eigenvalue weighted by Crippen LogP contribution is 2.37. The first-order valence-electron chi connectivity index (χ1n) is 6.96. The van der Waals surface area contributed by atoms with Crippen LogP contribution in [0.25, 0.3) is 22.3 Å². The van der Waals surface area contributed by atoms with Crippen LogP contribution in [0, 0.1) is 0 Å². The lowest BCUT2D eigenvalue weighted by Crippen LogP contribution is -2.27. The molecule has 1 heterocycles. The zero-order chi connectivity index (χ0) is 14.2. The van der Waals surface area contributed by atoms with Gasteiger partial charge in [0.05, 0.1) is 0 Å². The summed E-state index contributed by atoms with van der Waals surface area (Å²) in [7, 11) is -0.939. The summed E-state index contributed by atoms with van der Waals surface area (Å²) in [5, 5.41) is 12.5. The molecule has 0 fully saturated rings. The minimum absolute atomic E-state index is 0.750. The van der Waals surface area contributed by atoms with Gasteiger partial charge in [0, 0.05) is 16.4 Å². The lowest BCUT2D eigenvalue weighted by molar-refractivity contribution is 0.434. The van der Waals surface area contributed by atoms with Crippen LogP contribution in [-0.2, 0) is 0 Å². The largest absolute Gasteiger partial charge is 0.560 e. The lowest BCUT2D eigenvalue weighted by atomic mass is 9.71. The molecule has 100 valence electrons. The molecule has 0 aromatic heterocycles. The highest BCUT2D eigenvalue weighted by atomic mass is 16.5. The molecule has 0 amide bonds. The fourth-order valence-electron chi connectivity index (χ4n) is 2.78. The summed E-state index contributed by atoms with van der Waals surface area (Å²) in [6.45, 7) is 0. The van der Waals surface area contributed by atoms with E-state index in [1.807, 2.05) is 66.7 Å². The Kier molecular flexibility index (Phi) is 2.79. The fourth-order valence-corrected chi connectivity index (χ4v) is 2.78. The number of hydrogen-bond donors (Lipinski definition) is 1. The van der Waals surface area contributed by atoms with Crippen LogP contribution < -0.4 is 4.65 Å². The third kappa shape index (κ3) is 2.03. The van der Waals surface area contributed by atoms with E-state index in [-0.39, 0.29) is 0 Å². The van der Waals surface area contributed by atoms with Gasteiger partial charge in [0.2, 0.25) is 0 Å². The maximum Gasteiger partial charge on any atom is 0.560 e. The Labute approximate surface area is 123 Å². The Morgan fingerprint density at radius 2 is 1.57 bits per heavy atom. The molecular formula is C18H13BO2. The Hall–Kier alpha value is -2.52. The Morgan fingerprint density at radius 3 is 2.43 bits per heavy atom. The van der Waals surface area contributed by atoms with Gasteiger partial charge in [0.25, 0.3) is 0 Å². The molecule has 0 saturated carbocycles. The van der Waals surface area contributed by atoms with Crippen molar-refractivity contribution in [1.82, 2.24) is 0 Å². The van der Waals surface area contributed by atoms with Gasteiger partial charge in [0.15, 0.2) is 0 Å². The molecule has 21 heavy (non-hydrogen) atoms. The SMILES string of the molecule is OB1Oc2c(ccc3ccccc23)C=C1c1ccccc1. The van der Waals surface area contributed by atoms with Crippen molar-refractivity contribution < 1.29 is 9.68 Å². The fraction of sp³-hybridized carbons (Fsp3) is 0. The van der Waals surface area contributed by atoms with Crippen LogP contribution in [0.1, 0.15) is 11.1 Å². The summed E-state index contributed by atoms with van der Waals surface area (Å²) in [5.74, 6) is 0.750. The molecule has 0 radical (unpaired) electrons. The van der Waals surface area contributed by atoms with Crippen molar-refractivity contribution in [2.75, 3.05) is 0 Å². The minimum Gasteiger partial charge on any atom is -0.531 e. The second-order valence-corrected chi connectivity index (χ2v) is 5.14. The maximum absolute atomic E-state index is 10.3. The van der Waals surface area contributed by atoms with Gasteiger partial charge < -0.3 is 9.68 Å². The molecule has 3 heteroatoms. The first-order chi connectivity index (χ1) is 10.3. The van der Waals surface area contributed by atoms with E-state index in [0.717, 1.165) is 33.1 Å². The smallest absolute Gasteiger partial charge is 0.531 e. The van der Waals surface area contributed by atoms with E-state index >= 15 is 0 Å². The van der Waals surface area contributed by atoms with Gasteiger partial charge >= 0.3 is 7.12 Å². The molecule has 0 aliphatic carbocycles. The zero-order valence-corrected chi connectivity index (χ0v) is 11.4. The average Bonchev–Trinajstić information content (AvgIpc) is 2.55. The van der Waals surface area contributed by atoms with Crippen molar-refractivity contribution >= 4 is 29.4 Å². The van der Waals surface area contributed by atoms with E-state index in [9.17, 15) is 5.02 Å². The third-order valence-corrected chi connectivity index (χ3v) is 3.82. The predicted octanol–water partition coefficient (Wildman–Crippen LogP) is 3.79. The molecule has 2 nitrogen and oxygen atoms in total. The number of benzene rings is 3. The van der Waals surface area contributed by atoms with Crippen molar-refractivity contribution in [3.05, 3.63) is 77.9 Å². The normalized spacial score (nSPS) is 13.6. The summed E-state index contributed by atoms with van der Waals surface area (Å²) >= 11 is 0. The van der Waals surface area contributed by atoms with Crippen LogP contribution in [0.3, 0.4) is 0 Å². The second-order valence-electron chi connectivity index (χ2n) is 5.14. The van der Waals surface area contributed by atoms with Crippen LogP contribution >= 0.6 is 0 Å². The van der Waals surface area contributed by atoms with Gasteiger partial charge in [-0.25, -0.2) is 0 Å². The van der Waals surface area contributed by atoms with E-state index < -0.39 is 7.12 Å². The number of fused-ring (bicyclic) bond motifs is 3. The van der Waals surface area contributed by atoms with Gasteiger partial charge in [-0.15, -0.1) is 0 Å². The van der Waals surface area contributed by atoms with Crippen LogP contribution in [0.5, 0.6) is 5.75 Å². The molecule has 0 bridgehead atoms. The van der Waals surface area contributed by atoms with Gasteiger partial charge in [-0.2, -0.15) is 0 Å². The molecule has 0 unspecified atom stereocenters. The topological polar surface area (TPSA) is 29.5 Å². The Bertz CT molecular complexity index is 840. The molecule has 1 N–H and O–H groups in total. The van der Waals surface area contributed by atoms with Crippen molar-refractivity contribution in [3.8, 4) is 5.75 Å². The summed E-state index contributed by atoms with van der Waals surface area (Å²) in [6.07, 6.45) is 2.01. The quantitative estimate of drug-likeness (QED) is 0.683. The van der Waals surface area contributed by atoms with E-state index in [2.05, 4.69) is 6.07 Å². The second kappa shape index (κ2) is 4.79. The first-order valence-corrected chi connectivity index (χ1v) is 6.96. The van der Waals surface area contributed by atoms with Crippen LogP contribution in [0.2, 0.25) is 0 Å². The highest BCUT2D eigenvalue weighted by Gasteiger charge is 2.29. The average molecular weight is 272 g/mol. The molecule has 1 aliphatic rings. The van der Waals surface area contributed by atoms with E-state index in [1.165, 1.54) is 0 Å². The molecule has 4 rings (SSSR count). The van der Waals surface area contributed by atoms with Crippen molar-refractivity contribution in [1.29, 1.82) is 0 Å². The molecule has 1 aliphatic heterocycles. The van der Waals surface area contributed by atoms with E-state index in [4.69, 9.17) is 4.65 Å². The molecule has 3 aromatic rings. The molecule has 0 saturated heterocycles. The van der Waals surface area contributed by atoms with E-state index in [0.29, 0.717) is 0 Å². The zero-order valence-electron chi connectivity index (χ0n) is 11.4. The maximum atomic E-state index is 10.3. The summed E-state index contributed by atoms with van der Waals surface area (Å²) < 4.78 is 5.80. The molecule has 0 atom stereocenters. The monoisotopic (exact) mass is 272 g/mol. The molecular weight excluding hydrogens is 259 g/mol. The van der Waals surface area contributed by atoms with Gasteiger partial charge in [-0.05, 0) is 17.0 Å². The van der Waals surface area contributed by atoms with Gasteiger partial charge in [-0.3, -0.25) is 0 Å². The third-order valence-electron chi connectivity index (χ3n) is 3.82. The lowest BCUT2D eigenvalue weighted by Gasteiger charge is -2.22. The molecule has 3 aromatic carbocycles. The van der Waals surface area contributed by atoms with Crippen LogP contribution in [0.4, 0.5) is 0 Å².